The lowest BCUT2D eigenvalue weighted by molar-refractivity contribution is -0.125. The fraction of sp³-hybridized carbons (Fsp3) is 0.542. The minimum absolute atomic E-state index is 0.00374. The van der Waals surface area contributed by atoms with Crippen LogP contribution in [0.25, 0.3) is 0 Å². The molecule has 1 saturated heterocycles. The van der Waals surface area contributed by atoms with E-state index in [0.717, 1.165) is 44.9 Å². The number of carbonyl (C=O) groups excluding carboxylic acids is 2. The van der Waals surface area contributed by atoms with Gasteiger partial charge in [-0.05, 0) is 50.7 Å². The lowest BCUT2D eigenvalue weighted by Gasteiger charge is -2.41. The largest absolute Gasteiger partial charge is 0.459 e. The van der Waals surface area contributed by atoms with E-state index in [9.17, 15) is 9.59 Å². The summed E-state index contributed by atoms with van der Waals surface area (Å²) in [6, 6.07) is 7.09. The van der Waals surface area contributed by atoms with Crippen molar-refractivity contribution in [2.75, 3.05) is 5.32 Å². The number of imidazole rings is 1. The molecule has 8 heteroatoms. The van der Waals surface area contributed by atoms with Crippen molar-refractivity contribution in [2.45, 2.75) is 82.5 Å². The Hall–Kier alpha value is -2.71. The van der Waals surface area contributed by atoms with Crippen LogP contribution in [-0.2, 0) is 9.53 Å². The van der Waals surface area contributed by atoms with Gasteiger partial charge in [-0.25, -0.2) is 20.6 Å². The van der Waals surface area contributed by atoms with Crippen molar-refractivity contribution in [3.63, 3.8) is 0 Å². The van der Waals surface area contributed by atoms with Gasteiger partial charge in [-0.2, -0.15) is 0 Å². The maximum absolute atomic E-state index is 13.6. The van der Waals surface area contributed by atoms with Crippen LogP contribution in [0.5, 0.6) is 0 Å². The summed E-state index contributed by atoms with van der Waals surface area (Å²) in [5, 5.41) is 3.03. The number of hydrazine groups is 1. The van der Waals surface area contributed by atoms with E-state index >= 15 is 0 Å². The Morgan fingerprint density at radius 2 is 2.09 bits per heavy atom. The first-order valence-electron chi connectivity index (χ1n) is 11.7. The van der Waals surface area contributed by atoms with Gasteiger partial charge in [0.25, 0.3) is 0 Å². The predicted molar refractivity (Wildman–Crippen MR) is 122 cm³/mol. The highest BCUT2D eigenvalue weighted by molar-refractivity contribution is 6.04. The number of amides is 1. The highest BCUT2D eigenvalue weighted by Crippen LogP contribution is 2.31. The minimum atomic E-state index is -0.753. The third kappa shape index (κ3) is 5.02. The van der Waals surface area contributed by atoms with Gasteiger partial charge in [0.1, 0.15) is 11.6 Å². The number of carbonyl (C=O) groups is 2. The number of hydrogen-bond donors (Lipinski definition) is 3. The van der Waals surface area contributed by atoms with E-state index in [0.29, 0.717) is 24.1 Å². The molecule has 32 heavy (non-hydrogen) atoms. The summed E-state index contributed by atoms with van der Waals surface area (Å²) in [7, 11) is 0. The van der Waals surface area contributed by atoms with E-state index in [4.69, 9.17) is 4.74 Å². The monoisotopic (exact) mass is 439 g/mol. The molecule has 1 amide bonds. The molecule has 1 aromatic carbocycles. The number of ether oxygens (including phenoxy) is 1. The fourth-order valence-corrected chi connectivity index (χ4v) is 4.28. The topological polar surface area (TPSA) is 97.3 Å². The van der Waals surface area contributed by atoms with Crippen molar-refractivity contribution in [1.82, 2.24) is 20.4 Å². The summed E-state index contributed by atoms with van der Waals surface area (Å²) in [6.07, 6.45) is 13.6. The van der Waals surface area contributed by atoms with E-state index in [1.54, 1.807) is 30.7 Å². The maximum Gasteiger partial charge on any atom is 0.340 e. The highest BCUT2D eigenvalue weighted by Gasteiger charge is 2.42. The molecule has 0 spiro atoms. The number of anilines is 1. The van der Waals surface area contributed by atoms with Crippen molar-refractivity contribution < 1.29 is 14.3 Å². The smallest absolute Gasteiger partial charge is 0.340 e. The number of nitrogens with zero attached hydrogens (tertiary/aromatic N) is 2. The molecule has 2 aromatic rings. The SMILES string of the molecule is CCCCCC1(C(=O)Nc2ccccc2C(=O)OC2CCC2)CCC(n2ccnc2)NN1. The number of hydrogen-bond acceptors (Lipinski definition) is 6. The molecule has 2 heterocycles. The molecule has 2 unspecified atom stereocenters. The van der Waals surface area contributed by atoms with Gasteiger partial charge < -0.3 is 14.6 Å². The molecule has 1 aliphatic carbocycles. The van der Waals surface area contributed by atoms with E-state index < -0.39 is 5.54 Å². The summed E-state index contributed by atoms with van der Waals surface area (Å²) >= 11 is 0. The Morgan fingerprint density at radius 3 is 2.75 bits per heavy atom. The van der Waals surface area contributed by atoms with E-state index in [1.165, 1.54) is 0 Å². The molecular formula is C24H33N5O3. The Balaban J connectivity index is 1.47. The third-order valence-corrected chi connectivity index (χ3v) is 6.57. The first-order valence-corrected chi connectivity index (χ1v) is 11.7. The Morgan fingerprint density at radius 1 is 1.25 bits per heavy atom. The van der Waals surface area contributed by atoms with Crippen LogP contribution in [-0.4, -0.2) is 33.1 Å². The molecule has 1 saturated carbocycles. The average Bonchev–Trinajstić information content (AvgIpc) is 3.32. The van der Waals surface area contributed by atoms with Crippen LogP contribution < -0.4 is 16.2 Å². The second-order valence-electron chi connectivity index (χ2n) is 8.83. The summed E-state index contributed by atoms with van der Waals surface area (Å²) in [5.74, 6) is -0.505. The van der Waals surface area contributed by atoms with Gasteiger partial charge in [-0.15, -0.1) is 0 Å². The number of nitrogens with one attached hydrogen (secondary N) is 3. The fourth-order valence-electron chi connectivity index (χ4n) is 4.28. The van der Waals surface area contributed by atoms with Crippen molar-refractivity contribution >= 4 is 17.6 Å². The van der Waals surface area contributed by atoms with Crippen LogP contribution in [0.3, 0.4) is 0 Å². The number of para-hydroxylation sites is 1. The summed E-state index contributed by atoms with van der Waals surface area (Å²) < 4.78 is 7.57. The molecular weight excluding hydrogens is 406 g/mol. The van der Waals surface area contributed by atoms with Gasteiger partial charge in [0.15, 0.2) is 0 Å². The van der Waals surface area contributed by atoms with Gasteiger partial charge in [-0.1, -0.05) is 38.3 Å². The van der Waals surface area contributed by atoms with E-state index in [-0.39, 0.29) is 24.1 Å². The molecule has 1 aromatic heterocycles. The lowest BCUT2D eigenvalue weighted by atomic mass is 9.85. The molecule has 2 fully saturated rings. The third-order valence-electron chi connectivity index (χ3n) is 6.57. The molecule has 172 valence electrons. The van der Waals surface area contributed by atoms with Crippen LogP contribution in [0.2, 0.25) is 0 Å². The lowest BCUT2D eigenvalue weighted by Crippen LogP contribution is -2.64. The van der Waals surface area contributed by atoms with Gasteiger partial charge in [0.2, 0.25) is 5.91 Å². The first kappa shape index (κ1) is 22.5. The quantitative estimate of drug-likeness (QED) is 0.405. The number of esters is 1. The Kier molecular flexibility index (Phi) is 7.22. The summed E-state index contributed by atoms with van der Waals surface area (Å²) in [4.78, 5) is 30.4. The number of rotatable bonds is 9. The molecule has 4 rings (SSSR count). The molecule has 1 aliphatic heterocycles. The van der Waals surface area contributed by atoms with Gasteiger partial charge in [0, 0.05) is 12.4 Å². The molecule has 3 N–H and O–H groups in total. The zero-order valence-corrected chi connectivity index (χ0v) is 18.7. The molecule has 0 bridgehead atoms. The zero-order chi connectivity index (χ0) is 22.4. The number of aromatic nitrogens is 2. The second-order valence-corrected chi connectivity index (χ2v) is 8.83. The molecule has 8 nitrogen and oxygen atoms in total. The Labute approximate surface area is 189 Å². The van der Waals surface area contributed by atoms with Crippen molar-refractivity contribution in [2.24, 2.45) is 0 Å². The minimum Gasteiger partial charge on any atom is -0.459 e. The summed E-state index contributed by atoms with van der Waals surface area (Å²) in [6.45, 7) is 2.15. The normalized spacial score (nSPS) is 23.3. The van der Waals surface area contributed by atoms with Crippen molar-refractivity contribution in [3.8, 4) is 0 Å². The molecule has 2 atom stereocenters. The first-order chi connectivity index (χ1) is 15.6. The van der Waals surface area contributed by atoms with Crippen LogP contribution in [0.4, 0.5) is 5.69 Å². The van der Waals surface area contributed by atoms with Crippen LogP contribution in [0, 0.1) is 0 Å². The standard InChI is InChI=1S/C24H33N5O3/c1-2-3-6-13-24(14-12-21(27-28-24)29-16-15-25-17-29)23(31)26-20-11-5-4-10-19(20)22(30)32-18-8-7-9-18/h4-5,10-11,15-18,21,27-28H,2-3,6-9,12-14H2,1H3,(H,26,31). The van der Waals surface area contributed by atoms with E-state index in [2.05, 4.69) is 28.1 Å². The zero-order valence-electron chi connectivity index (χ0n) is 18.7. The number of benzene rings is 1. The van der Waals surface area contributed by atoms with Crippen LogP contribution in [0.15, 0.2) is 43.0 Å². The van der Waals surface area contributed by atoms with Crippen LogP contribution in [0.1, 0.15) is 81.2 Å². The van der Waals surface area contributed by atoms with Gasteiger partial charge in [0.05, 0.1) is 23.7 Å². The van der Waals surface area contributed by atoms with Gasteiger partial charge in [-0.3, -0.25) is 4.79 Å². The van der Waals surface area contributed by atoms with Crippen LogP contribution >= 0.6 is 0 Å². The molecule has 0 radical (unpaired) electrons. The van der Waals surface area contributed by atoms with Gasteiger partial charge >= 0.3 is 5.97 Å². The average molecular weight is 440 g/mol. The van der Waals surface area contributed by atoms with Crippen molar-refractivity contribution in [1.29, 1.82) is 0 Å². The number of unbranched alkanes of at least 4 members (excludes halogenated alkanes) is 2. The summed E-state index contributed by atoms with van der Waals surface area (Å²) in [5.41, 5.74) is 6.77. The maximum atomic E-state index is 13.6. The predicted octanol–water partition coefficient (Wildman–Crippen LogP) is 3.94. The van der Waals surface area contributed by atoms with E-state index in [1.807, 2.05) is 16.8 Å². The Bertz CT molecular complexity index is 902. The highest BCUT2D eigenvalue weighted by atomic mass is 16.5. The molecule has 2 aliphatic rings. The van der Waals surface area contributed by atoms with Crippen molar-refractivity contribution in [3.05, 3.63) is 48.5 Å². The second kappa shape index (κ2) is 10.3.